The van der Waals surface area contributed by atoms with Gasteiger partial charge in [0.1, 0.15) is 23.9 Å². The number of para-hydroxylation sites is 1. The van der Waals surface area contributed by atoms with E-state index in [0.717, 1.165) is 18.4 Å². The first-order valence-electron chi connectivity index (χ1n) is 16.3. The number of nitrogens with zero attached hydrogens (tertiary/aromatic N) is 5. The summed E-state index contributed by atoms with van der Waals surface area (Å²) in [5.41, 5.74) is -2.39. The topological polar surface area (TPSA) is 153 Å². The number of rotatable bonds is 10. The molecule has 2 aliphatic rings. The number of amides is 2. The van der Waals surface area contributed by atoms with Crippen LogP contribution in [0, 0.1) is 17.6 Å². The molecular formula is C35H29F7N8O4S. The minimum atomic E-state index is -5.12. The zero-order valence-electron chi connectivity index (χ0n) is 28.9. The maximum absolute atomic E-state index is 15.5. The van der Waals surface area contributed by atoms with Crippen LogP contribution in [0.2, 0.25) is 0 Å². The first-order valence-corrected chi connectivity index (χ1v) is 18.2. The molecule has 1 saturated carbocycles. The molecular weight excluding hydrogens is 761 g/mol. The number of fused-ring (bicyclic) bond motifs is 4. The first kappa shape index (κ1) is 37.5. The lowest BCUT2D eigenvalue weighted by atomic mass is 9.94. The van der Waals surface area contributed by atoms with Gasteiger partial charge in [-0.15, -0.1) is 0 Å². The van der Waals surface area contributed by atoms with Crippen LogP contribution < -0.4 is 15.4 Å². The summed E-state index contributed by atoms with van der Waals surface area (Å²) in [6.45, 7) is 3.61. The van der Waals surface area contributed by atoms with Crippen LogP contribution in [0.5, 0.6) is 0 Å². The number of sulfonamides is 1. The molecule has 2 amide bonds. The van der Waals surface area contributed by atoms with Gasteiger partial charge in [-0.2, -0.15) is 32.1 Å². The van der Waals surface area contributed by atoms with E-state index in [0.29, 0.717) is 27.2 Å². The normalized spacial score (nSPS) is 17.8. The molecule has 1 unspecified atom stereocenters. The zero-order chi connectivity index (χ0) is 39.9. The highest BCUT2D eigenvalue weighted by atomic mass is 32.2. The second kappa shape index (κ2) is 12.9. The van der Waals surface area contributed by atoms with Crippen molar-refractivity contribution in [3.05, 3.63) is 101 Å². The molecule has 0 spiro atoms. The van der Waals surface area contributed by atoms with E-state index in [1.165, 1.54) is 30.9 Å². The predicted molar refractivity (Wildman–Crippen MR) is 184 cm³/mol. The second-order valence-electron chi connectivity index (χ2n) is 13.4. The molecule has 288 valence electrons. The fourth-order valence-corrected chi connectivity index (χ4v) is 7.81. The van der Waals surface area contributed by atoms with Crippen molar-refractivity contribution < 1.29 is 48.7 Å². The van der Waals surface area contributed by atoms with E-state index in [2.05, 4.69) is 37.1 Å². The Balaban J connectivity index is 1.35. The van der Waals surface area contributed by atoms with Crippen molar-refractivity contribution >= 4 is 44.2 Å². The molecule has 0 aliphatic heterocycles. The number of hydrogen-bond acceptors (Lipinski definition) is 7. The molecule has 0 radical (unpaired) electrons. The number of carbonyl (C=O) groups excluding carboxylic acids is 2. The van der Waals surface area contributed by atoms with Crippen LogP contribution in [0.25, 0.3) is 22.0 Å². The SMILES string of the molecule is C=C1[C@@H]2c3c(C(F)(F)F)nn(CC(=O)NC(Cc4cc(F)cc(F)c4)c4ncc(NC(C)=O)cc4-c4cccc5c(NS(C)(=O)=O)nn(C)c45)c3C(F)(F)[C@H]12. The summed E-state index contributed by atoms with van der Waals surface area (Å²) < 4.78 is 130. The highest BCUT2D eigenvalue weighted by Gasteiger charge is 2.71. The lowest BCUT2D eigenvalue weighted by Crippen LogP contribution is -2.35. The van der Waals surface area contributed by atoms with Crippen molar-refractivity contribution in [1.82, 2.24) is 29.9 Å². The summed E-state index contributed by atoms with van der Waals surface area (Å²) in [6, 6.07) is 7.42. The number of allylic oxidation sites excluding steroid dienone is 1. The Morgan fingerprint density at radius 2 is 1.75 bits per heavy atom. The van der Waals surface area contributed by atoms with Crippen LogP contribution in [0.3, 0.4) is 0 Å². The van der Waals surface area contributed by atoms with Gasteiger partial charge in [0.15, 0.2) is 11.5 Å². The molecule has 3 N–H and O–H groups in total. The molecule has 55 heavy (non-hydrogen) atoms. The molecule has 3 atom stereocenters. The Bertz CT molecular complexity index is 2550. The lowest BCUT2D eigenvalue weighted by molar-refractivity contribution is -0.142. The molecule has 1 fully saturated rings. The van der Waals surface area contributed by atoms with E-state index in [4.69, 9.17) is 0 Å². The van der Waals surface area contributed by atoms with Gasteiger partial charge in [0.05, 0.1) is 41.3 Å². The van der Waals surface area contributed by atoms with Crippen molar-refractivity contribution in [2.24, 2.45) is 13.0 Å². The molecule has 20 heteroatoms. The van der Waals surface area contributed by atoms with Crippen molar-refractivity contribution in [3.8, 4) is 11.1 Å². The third kappa shape index (κ3) is 6.89. The molecule has 5 aromatic rings. The van der Waals surface area contributed by atoms with Crippen molar-refractivity contribution in [2.75, 3.05) is 16.3 Å². The number of halogens is 7. The van der Waals surface area contributed by atoms with Crippen LogP contribution >= 0.6 is 0 Å². The Hall–Kier alpha value is -5.79. The van der Waals surface area contributed by atoms with Crippen molar-refractivity contribution in [2.45, 2.75) is 43.9 Å². The summed E-state index contributed by atoms with van der Waals surface area (Å²) in [7, 11) is -2.27. The summed E-state index contributed by atoms with van der Waals surface area (Å²) in [4.78, 5) is 30.3. The minimum Gasteiger partial charge on any atom is -0.346 e. The Morgan fingerprint density at radius 1 is 1.05 bits per heavy atom. The van der Waals surface area contributed by atoms with E-state index >= 15 is 8.78 Å². The van der Waals surface area contributed by atoms with E-state index < -0.39 is 86.9 Å². The largest absolute Gasteiger partial charge is 0.435 e. The van der Waals surface area contributed by atoms with E-state index in [9.17, 15) is 40.0 Å². The third-order valence-corrected chi connectivity index (χ3v) is 9.86. The molecule has 2 aromatic carbocycles. The summed E-state index contributed by atoms with van der Waals surface area (Å²) in [5, 5.41) is 13.2. The average Bonchev–Trinajstić information content (AvgIpc) is 3.29. The van der Waals surface area contributed by atoms with Gasteiger partial charge in [0.25, 0.3) is 5.92 Å². The Kier molecular flexibility index (Phi) is 8.81. The Morgan fingerprint density at radius 3 is 2.38 bits per heavy atom. The van der Waals surface area contributed by atoms with Gasteiger partial charge in [-0.1, -0.05) is 24.3 Å². The van der Waals surface area contributed by atoms with E-state index in [1.807, 2.05) is 0 Å². The number of pyridine rings is 1. The molecule has 7 rings (SSSR count). The van der Waals surface area contributed by atoms with Crippen LogP contribution in [-0.2, 0) is 51.7 Å². The van der Waals surface area contributed by atoms with Crippen molar-refractivity contribution in [3.63, 3.8) is 0 Å². The number of benzene rings is 2. The highest BCUT2D eigenvalue weighted by Crippen LogP contribution is 2.71. The van der Waals surface area contributed by atoms with Crippen LogP contribution in [-0.4, -0.2) is 51.0 Å². The van der Waals surface area contributed by atoms with Gasteiger partial charge in [-0.05, 0) is 36.2 Å². The number of anilines is 2. The fraction of sp³-hybridized carbons (Fsp3) is 0.286. The first-order chi connectivity index (χ1) is 25.6. The number of carbonyl (C=O) groups is 2. The fourth-order valence-electron chi connectivity index (χ4n) is 7.30. The maximum atomic E-state index is 15.5. The van der Waals surface area contributed by atoms with E-state index in [1.54, 1.807) is 18.2 Å². The van der Waals surface area contributed by atoms with Crippen LogP contribution in [0.15, 0.2) is 60.8 Å². The molecule has 0 saturated heterocycles. The number of nitrogens with one attached hydrogen (secondary N) is 3. The lowest BCUT2D eigenvalue weighted by Gasteiger charge is -2.23. The van der Waals surface area contributed by atoms with Crippen LogP contribution in [0.1, 0.15) is 47.1 Å². The van der Waals surface area contributed by atoms with Crippen LogP contribution in [0.4, 0.5) is 42.2 Å². The van der Waals surface area contributed by atoms with Crippen molar-refractivity contribution in [1.29, 1.82) is 0 Å². The molecule has 3 heterocycles. The summed E-state index contributed by atoms with van der Waals surface area (Å²) in [5.74, 6) is -10.2. The standard InChI is InChI=1S/C35H29F7N8O4S/c1-15-26-27-31(35(40,41)42)46-50(32(27)34(38,39)28(15)26)14-25(52)45-24(10-17-8-18(36)11-19(37)9-17)29-23(12-20(13-43-29)44-16(2)51)21-6-5-7-22-30(21)49(3)47-33(22)48-55(4,53)54/h5-9,11-13,24,26,28H,1,10,14H2,2-4H3,(H,44,51)(H,45,52)(H,47,48)/t24?,26-,28-/m1/s1. The van der Waals surface area contributed by atoms with Gasteiger partial charge < -0.3 is 10.6 Å². The average molecular weight is 791 g/mol. The van der Waals surface area contributed by atoms with E-state index in [-0.39, 0.29) is 40.3 Å². The predicted octanol–water partition coefficient (Wildman–Crippen LogP) is 5.93. The van der Waals surface area contributed by atoms with Gasteiger partial charge in [0.2, 0.25) is 21.8 Å². The quantitative estimate of drug-likeness (QED) is 0.117. The Labute approximate surface area is 307 Å². The zero-order valence-corrected chi connectivity index (χ0v) is 29.7. The molecule has 12 nitrogen and oxygen atoms in total. The van der Waals surface area contributed by atoms with Gasteiger partial charge in [-0.3, -0.25) is 28.7 Å². The highest BCUT2D eigenvalue weighted by molar-refractivity contribution is 7.92. The number of aromatic nitrogens is 5. The maximum Gasteiger partial charge on any atom is 0.435 e. The number of alkyl halides is 5. The third-order valence-electron chi connectivity index (χ3n) is 9.29. The number of hydrogen-bond donors (Lipinski definition) is 3. The monoisotopic (exact) mass is 790 g/mol. The molecule has 3 aromatic heterocycles. The van der Waals surface area contributed by atoms with Gasteiger partial charge >= 0.3 is 6.18 Å². The second-order valence-corrected chi connectivity index (χ2v) is 15.2. The molecule has 0 bridgehead atoms. The molecule has 2 aliphatic carbocycles. The summed E-state index contributed by atoms with van der Waals surface area (Å²) in [6.07, 6.45) is -3.35. The number of aryl methyl sites for hydroxylation is 1. The van der Waals surface area contributed by atoms with Gasteiger partial charge in [-0.25, -0.2) is 17.2 Å². The summed E-state index contributed by atoms with van der Waals surface area (Å²) >= 11 is 0. The minimum absolute atomic E-state index is 0.00277. The van der Waals surface area contributed by atoms with Gasteiger partial charge in [0, 0.05) is 48.0 Å². The smallest absolute Gasteiger partial charge is 0.346 e.